The third-order valence-corrected chi connectivity index (χ3v) is 3.08. The second kappa shape index (κ2) is 6.97. The Morgan fingerprint density at radius 3 is 2.10 bits per heavy atom. The van der Waals surface area contributed by atoms with Crippen molar-refractivity contribution < 1.29 is 29.6 Å². The average Bonchev–Trinajstić information content (AvgIpc) is 2.37. The van der Waals surface area contributed by atoms with Crippen molar-refractivity contribution in [2.75, 3.05) is 6.61 Å². The van der Waals surface area contributed by atoms with E-state index < -0.39 is 11.9 Å². The van der Waals surface area contributed by atoms with E-state index in [4.69, 9.17) is 9.84 Å². The van der Waals surface area contributed by atoms with Gasteiger partial charge in [0.2, 0.25) is 0 Å². The van der Waals surface area contributed by atoms with Crippen molar-refractivity contribution >= 4 is 11.8 Å². The summed E-state index contributed by atoms with van der Waals surface area (Å²) in [4.78, 5) is 22.5. The number of carboxylic acid groups (broad SMARTS) is 1. The Bertz CT molecular complexity index is 512. The number of benzene rings is 1. The minimum atomic E-state index is -0.915. The molecule has 21 heavy (non-hydrogen) atoms. The number of aliphatic carboxylic acids is 1. The number of phenols is 2. The van der Waals surface area contributed by atoms with Gasteiger partial charge >= 0.3 is 5.97 Å². The molecule has 1 aromatic carbocycles. The molecule has 0 bridgehead atoms. The Hall–Kier alpha value is -2.24. The zero-order valence-electron chi connectivity index (χ0n) is 12.3. The van der Waals surface area contributed by atoms with Gasteiger partial charge in [-0.1, -0.05) is 20.8 Å². The number of hydrogen-bond donors (Lipinski definition) is 3. The maximum atomic E-state index is 11.8. The molecule has 0 amide bonds. The molecule has 6 heteroatoms. The molecule has 0 spiro atoms. The molecule has 116 valence electrons. The lowest BCUT2D eigenvalue weighted by atomic mass is 9.99. The lowest BCUT2D eigenvalue weighted by Crippen LogP contribution is -2.13. The molecule has 1 rings (SSSR count). The summed E-state index contributed by atoms with van der Waals surface area (Å²) in [6.45, 7) is 5.02. The number of hydrogen-bond acceptors (Lipinski definition) is 5. The van der Waals surface area contributed by atoms with Gasteiger partial charge in [-0.05, 0) is 6.42 Å². The van der Waals surface area contributed by atoms with Crippen molar-refractivity contribution in [2.24, 2.45) is 11.8 Å². The van der Waals surface area contributed by atoms with Crippen LogP contribution in [0, 0.1) is 11.8 Å². The van der Waals surface area contributed by atoms with Crippen molar-refractivity contribution in [1.82, 2.24) is 0 Å². The van der Waals surface area contributed by atoms with E-state index >= 15 is 0 Å². The molecular weight excluding hydrogens is 276 g/mol. The monoisotopic (exact) mass is 296 g/mol. The molecule has 0 aliphatic heterocycles. The molecule has 0 saturated heterocycles. The molecule has 3 N–H and O–H groups in total. The standard InChI is InChI=1S/C15H20O6/c1-8(2)14(18)13-11(16)6-10(7-12(13)17)21-5-4-9(3)15(19)20/h6-9,16-17H,4-5H2,1-3H3,(H,19,20)/t9-/m1/s1. The van der Waals surface area contributed by atoms with Crippen molar-refractivity contribution in [1.29, 1.82) is 0 Å². The number of ether oxygens (including phenoxy) is 1. The summed E-state index contributed by atoms with van der Waals surface area (Å²) >= 11 is 0. The molecule has 0 aliphatic rings. The highest BCUT2D eigenvalue weighted by molar-refractivity contribution is 6.02. The van der Waals surface area contributed by atoms with E-state index in [0.29, 0.717) is 6.42 Å². The van der Waals surface area contributed by atoms with Crippen molar-refractivity contribution in [3.05, 3.63) is 17.7 Å². The fourth-order valence-electron chi connectivity index (χ4n) is 1.69. The van der Waals surface area contributed by atoms with E-state index in [1.807, 2.05) is 0 Å². The topological polar surface area (TPSA) is 104 Å². The lowest BCUT2D eigenvalue weighted by molar-refractivity contribution is -0.141. The number of Topliss-reactive ketones (excluding diaryl/α,β-unsaturated/α-hetero) is 1. The predicted octanol–water partition coefficient (Wildman–Crippen LogP) is 2.43. The molecule has 0 aliphatic carbocycles. The number of carboxylic acids is 1. The van der Waals surface area contributed by atoms with Crippen LogP contribution in [0.1, 0.15) is 37.6 Å². The van der Waals surface area contributed by atoms with Crippen LogP contribution in [0.4, 0.5) is 0 Å². The first-order valence-electron chi connectivity index (χ1n) is 6.69. The Morgan fingerprint density at radius 2 is 1.67 bits per heavy atom. The Balaban J connectivity index is 2.80. The highest BCUT2D eigenvalue weighted by atomic mass is 16.5. The molecule has 0 unspecified atom stereocenters. The lowest BCUT2D eigenvalue weighted by Gasteiger charge is -2.13. The van der Waals surface area contributed by atoms with Gasteiger partial charge in [0.05, 0.1) is 12.5 Å². The SMILES string of the molecule is CC(C)C(=O)c1c(O)cc(OCC[C@@H](C)C(=O)O)cc1O. The molecular formula is C15H20O6. The molecule has 0 aromatic heterocycles. The van der Waals surface area contributed by atoms with Crippen LogP contribution < -0.4 is 4.74 Å². The second-order valence-corrected chi connectivity index (χ2v) is 5.23. The highest BCUT2D eigenvalue weighted by Crippen LogP contribution is 2.34. The number of carbonyl (C=O) groups excluding carboxylic acids is 1. The van der Waals surface area contributed by atoms with Gasteiger partial charge in [-0.25, -0.2) is 0 Å². The molecule has 0 radical (unpaired) electrons. The van der Waals surface area contributed by atoms with Gasteiger partial charge in [-0.2, -0.15) is 0 Å². The maximum Gasteiger partial charge on any atom is 0.306 e. The zero-order valence-corrected chi connectivity index (χ0v) is 12.3. The normalized spacial score (nSPS) is 12.2. The molecule has 0 saturated carbocycles. The van der Waals surface area contributed by atoms with Gasteiger partial charge in [0.15, 0.2) is 5.78 Å². The van der Waals surface area contributed by atoms with E-state index in [9.17, 15) is 19.8 Å². The Morgan fingerprint density at radius 1 is 1.14 bits per heavy atom. The van der Waals surface area contributed by atoms with Crippen LogP contribution in [-0.4, -0.2) is 33.7 Å². The first-order valence-corrected chi connectivity index (χ1v) is 6.69. The van der Waals surface area contributed by atoms with Crippen LogP contribution in [0.25, 0.3) is 0 Å². The first-order chi connectivity index (χ1) is 9.73. The Kier molecular flexibility index (Phi) is 5.58. The van der Waals surface area contributed by atoms with Gasteiger partial charge in [-0.3, -0.25) is 9.59 Å². The molecule has 0 fully saturated rings. The fourth-order valence-corrected chi connectivity index (χ4v) is 1.69. The van der Waals surface area contributed by atoms with Crippen molar-refractivity contribution in [3.63, 3.8) is 0 Å². The third-order valence-electron chi connectivity index (χ3n) is 3.08. The highest BCUT2D eigenvalue weighted by Gasteiger charge is 2.20. The van der Waals surface area contributed by atoms with Gasteiger partial charge in [0.1, 0.15) is 22.8 Å². The zero-order chi connectivity index (χ0) is 16.2. The van der Waals surface area contributed by atoms with Crippen molar-refractivity contribution in [3.8, 4) is 17.2 Å². The summed E-state index contributed by atoms with van der Waals surface area (Å²) in [5, 5.41) is 28.4. The summed E-state index contributed by atoms with van der Waals surface area (Å²) in [6.07, 6.45) is 0.295. The Labute approximate surface area is 123 Å². The van der Waals surface area contributed by atoms with Gasteiger partial charge < -0.3 is 20.1 Å². The van der Waals surface area contributed by atoms with Gasteiger partial charge in [0, 0.05) is 18.1 Å². The minimum absolute atomic E-state index is 0.128. The number of carbonyl (C=O) groups is 2. The van der Waals surface area contributed by atoms with Crippen LogP contribution in [0.5, 0.6) is 17.2 Å². The van der Waals surface area contributed by atoms with Crippen LogP contribution in [-0.2, 0) is 4.79 Å². The van der Waals surface area contributed by atoms with E-state index in [1.54, 1.807) is 20.8 Å². The molecule has 0 heterocycles. The largest absolute Gasteiger partial charge is 0.507 e. The van der Waals surface area contributed by atoms with E-state index in [2.05, 4.69) is 0 Å². The van der Waals surface area contributed by atoms with Gasteiger partial charge in [0.25, 0.3) is 0 Å². The van der Waals surface area contributed by atoms with E-state index in [1.165, 1.54) is 12.1 Å². The summed E-state index contributed by atoms with van der Waals surface area (Å²) in [5.41, 5.74) is -0.128. The smallest absolute Gasteiger partial charge is 0.306 e. The first kappa shape index (κ1) is 16.8. The fraction of sp³-hybridized carbons (Fsp3) is 0.467. The van der Waals surface area contributed by atoms with Crippen LogP contribution in [0.3, 0.4) is 0 Å². The number of ketones is 1. The minimum Gasteiger partial charge on any atom is -0.507 e. The van der Waals surface area contributed by atoms with E-state index in [-0.39, 0.29) is 41.1 Å². The van der Waals surface area contributed by atoms with Crippen molar-refractivity contribution in [2.45, 2.75) is 27.2 Å². The summed E-state index contributed by atoms with van der Waals surface area (Å²) in [7, 11) is 0. The summed E-state index contributed by atoms with van der Waals surface area (Å²) in [5.74, 6) is -2.70. The quantitative estimate of drug-likeness (QED) is 0.667. The molecule has 1 atom stereocenters. The second-order valence-electron chi connectivity index (χ2n) is 5.23. The molecule has 1 aromatic rings. The summed E-state index contributed by atoms with van der Waals surface area (Å²) in [6, 6.07) is 2.47. The van der Waals surface area contributed by atoms with Crippen LogP contribution in [0.15, 0.2) is 12.1 Å². The van der Waals surface area contributed by atoms with Crippen LogP contribution >= 0.6 is 0 Å². The number of phenolic OH excluding ortho intramolecular Hbond substituents is 2. The van der Waals surface area contributed by atoms with Gasteiger partial charge in [-0.15, -0.1) is 0 Å². The average molecular weight is 296 g/mol. The number of aromatic hydroxyl groups is 2. The van der Waals surface area contributed by atoms with Crippen LogP contribution in [0.2, 0.25) is 0 Å². The molecule has 6 nitrogen and oxygen atoms in total. The predicted molar refractivity (Wildman–Crippen MR) is 75.9 cm³/mol. The maximum absolute atomic E-state index is 11.8. The summed E-state index contributed by atoms with van der Waals surface area (Å²) < 4.78 is 5.29. The third kappa shape index (κ3) is 4.37. The van der Waals surface area contributed by atoms with E-state index in [0.717, 1.165) is 0 Å². The number of rotatable bonds is 7.